The molecule has 1 unspecified atom stereocenters. The lowest BCUT2D eigenvalue weighted by Crippen LogP contribution is -2.11. The number of rotatable bonds is 6. The maximum atomic E-state index is 13.9. The van der Waals surface area contributed by atoms with E-state index in [4.69, 9.17) is 0 Å². The second kappa shape index (κ2) is 8.71. The maximum absolute atomic E-state index is 13.9. The smallest absolute Gasteiger partial charge is 0.192 e. The highest BCUT2D eigenvalue weighted by Crippen LogP contribution is 2.39. The number of ketones is 1. The standard InChI is InChI=1S/C25H26N4OS/c1-2-17-12-9-13-19-20(16-26-22(17)19)23(30)24(18-10-5-3-6-11-18)31-25-28-27-21-14-7-4-8-15-29(21)25/h3,5-6,9-13,16,24,26H,2,4,7-8,14-15H2,1H3. The molecule has 2 aromatic carbocycles. The molecule has 31 heavy (non-hydrogen) atoms. The lowest BCUT2D eigenvalue weighted by atomic mass is 10.0. The van der Waals surface area contributed by atoms with Crippen LogP contribution in [0.1, 0.15) is 58.7 Å². The summed E-state index contributed by atoms with van der Waals surface area (Å²) in [5.41, 5.74) is 4.01. The fraction of sp³-hybridized carbons (Fsp3) is 0.320. The van der Waals surface area contributed by atoms with E-state index < -0.39 is 0 Å². The molecule has 0 saturated heterocycles. The van der Waals surface area contributed by atoms with Crippen molar-refractivity contribution in [3.05, 3.63) is 77.2 Å². The molecule has 2 aromatic heterocycles. The van der Waals surface area contributed by atoms with Crippen molar-refractivity contribution in [3.8, 4) is 0 Å². The van der Waals surface area contributed by atoms with E-state index in [0.29, 0.717) is 0 Å². The molecule has 1 aliphatic rings. The molecule has 0 spiro atoms. The summed E-state index contributed by atoms with van der Waals surface area (Å²) in [4.78, 5) is 17.2. The van der Waals surface area contributed by atoms with Gasteiger partial charge in [0.15, 0.2) is 10.9 Å². The molecule has 5 rings (SSSR count). The molecule has 0 aliphatic carbocycles. The van der Waals surface area contributed by atoms with E-state index in [1.807, 2.05) is 48.7 Å². The van der Waals surface area contributed by atoms with Gasteiger partial charge < -0.3 is 9.55 Å². The number of hydrogen-bond donors (Lipinski definition) is 1. The summed E-state index contributed by atoms with van der Waals surface area (Å²) >= 11 is 1.52. The number of carbonyl (C=O) groups is 1. The Morgan fingerprint density at radius 2 is 1.97 bits per heavy atom. The van der Waals surface area contributed by atoms with Gasteiger partial charge in [-0.15, -0.1) is 10.2 Å². The Morgan fingerprint density at radius 3 is 2.81 bits per heavy atom. The first-order valence-corrected chi connectivity index (χ1v) is 11.9. The van der Waals surface area contributed by atoms with Gasteiger partial charge in [0.1, 0.15) is 11.1 Å². The molecule has 5 nitrogen and oxygen atoms in total. The molecular weight excluding hydrogens is 404 g/mol. The zero-order valence-electron chi connectivity index (χ0n) is 17.7. The van der Waals surface area contributed by atoms with Crippen LogP contribution in [0.5, 0.6) is 0 Å². The van der Waals surface area contributed by atoms with E-state index in [1.165, 1.54) is 23.7 Å². The zero-order valence-corrected chi connectivity index (χ0v) is 18.5. The largest absolute Gasteiger partial charge is 0.360 e. The van der Waals surface area contributed by atoms with Gasteiger partial charge in [-0.2, -0.15) is 0 Å². The Bertz CT molecular complexity index is 1210. The van der Waals surface area contributed by atoms with E-state index in [2.05, 4.69) is 32.7 Å². The summed E-state index contributed by atoms with van der Waals surface area (Å²) in [6.45, 7) is 3.06. The molecule has 0 bridgehead atoms. The number of thioether (sulfide) groups is 1. The second-order valence-electron chi connectivity index (χ2n) is 8.03. The number of benzene rings is 2. The third-order valence-electron chi connectivity index (χ3n) is 6.09. The van der Waals surface area contributed by atoms with Crippen LogP contribution in [0.2, 0.25) is 0 Å². The van der Waals surface area contributed by atoms with Crippen molar-refractivity contribution in [3.63, 3.8) is 0 Å². The highest BCUT2D eigenvalue weighted by atomic mass is 32.2. The van der Waals surface area contributed by atoms with Crippen molar-refractivity contribution in [1.29, 1.82) is 0 Å². The van der Waals surface area contributed by atoms with Gasteiger partial charge in [-0.3, -0.25) is 4.79 Å². The summed E-state index contributed by atoms with van der Waals surface area (Å²) in [6.07, 6.45) is 7.24. The van der Waals surface area contributed by atoms with Gasteiger partial charge in [0.2, 0.25) is 0 Å². The number of nitrogens with one attached hydrogen (secondary N) is 1. The molecule has 0 saturated carbocycles. The first kappa shape index (κ1) is 20.1. The number of aromatic amines is 1. The molecule has 0 amide bonds. The van der Waals surface area contributed by atoms with Gasteiger partial charge >= 0.3 is 0 Å². The SMILES string of the molecule is CCc1cccc2c(C(=O)C(Sc3nnc4n3CCCCC4)c3ccccc3)c[nH]c12. The summed E-state index contributed by atoms with van der Waals surface area (Å²) in [5.74, 6) is 1.14. The number of aryl methyl sites for hydroxylation is 2. The predicted octanol–water partition coefficient (Wildman–Crippen LogP) is 5.76. The summed E-state index contributed by atoms with van der Waals surface area (Å²) < 4.78 is 2.21. The molecule has 1 aliphatic heterocycles. The van der Waals surface area contributed by atoms with Crippen LogP contribution < -0.4 is 0 Å². The van der Waals surface area contributed by atoms with Crippen LogP contribution in [0.4, 0.5) is 0 Å². The fourth-order valence-electron chi connectivity index (χ4n) is 4.41. The number of nitrogens with zero attached hydrogens (tertiary/aromatic N) is 3. The first-order valence-electron chi connectivity index (χ1n) is 11.0. The van der Waals surface area contributed by atoms with Crippen molar-refractivity contribution < 1.29 is 4.79 Å². The number of aromatic nitrogens is 4. The van der Waals surface area contributed by atoms with Crippen LogP contribution in [0.3, 0.4) is 0 Å². The van der Waals surface area contributed by atoms with Crippen molar-refractivity contribution in [2.24, 2.45) is 0 Å². The Morgan fingerprint density at radius 1 is 1.10 bits per heavy atom. The molecule has 0 radical (unpaired) electrons. The lowest BCUT2D eigenvalue weighted by molar-refractivity contribution is 0.0991. The minimum Gasteiger partial charge on any atom is -0.360 e. The Balaban J connectivity index is 1.55. The minimum absolute atomic E-state index is 0.0988. The number of H-pyrrole nitrogens is 1. The topological polar surface area (TPSA) is 63.6 Å². The first-order chi connectivity index (χ1) is 15.3. The molecule has 158 valence electrons. The van der Waals surface area contributed by atoms with E-state index in [9.17, 15) is 4.79 Å². The monoisotopic (exact) mass is 430 g/mol. The van der Waals surface area contributed by atoms with Crippen LogP contribution >= 0.6 is 11.8 Å². The van der Waals surface area contributed by atoms with Gasteiger partial charge in [-0.1, -0.05) is 73.6 Å². The fourth-order valence-corrected chi connectivity index (χ4v) is 5.56. The number of para-hydroxylation sites is 1. The Labute approximate surface area is 186 Å². The van der Waals surface area contributed by atoms with Crippen molar-refractivity contribution >= 4 is 28.4 Å². The highest BCUT2D eigenvalue weighted by Gasteiger charge is 2.28. The van der Waals surface area contributed by atoms with E-state index in [0.717, 1.165) is 65.2 Å². The van der Waals surface area contributed by atoms with E-state index in [1.54, 1.807) is 0 Å². The molecular formula is C25H26N4OS. The summed E-state index contributed by atoms with van der Waals surface area (Å²) in [6, 6.07) is 16.2. The van der Waals surface area contributed by atoms with Crippen LogP contribution in [-0.4, -0.2) is 25.5 Å². The van der Waals surface area contributed by atoms with E-state index >= 15 is 0 Å². The van der Waals surface area contributed by atoms with Crippen molar-refractivity contribution in [1.82, 2.24) is 19.7 Å². The quantitative estimate of drug-likeness (QED) is 0.312. The average Bonchev–Trinajstić information content (AvgIpc) is 3.34. The van der Waals surface area contributed by atoms with Gasteiger partial charge in [0.25, 0.3) is 0 Å². The normalized spacial score (nSPS) is 14.9. The molecule has 1 N–H and O–H groups in total. The van der Waals surface area contributed by atoms with Crippen molar-refractivity contribution in [2.45, 2.75) is 56.0 Å². The third-order valence-corrected chi connectivity index (χ3v) is 7.32. The second-order valence-corrected chi connectivity index (χ2v) is 9.10. The Kier molecular flexibility index (Phi) is 5.64. The van der Waals surface area contributed by atoms with Gasteiger partial charge in [-0.25, -0.2) is 0 Å². The lowest BCUT2D eigenvalue weighted by Gasteiger charge is -2.16. The number of hydrogen-bond acceptors (Lipinski definition) is 4. The maximum Gasteiger partial charge on any atom is 0.192 e. The summed E-state index contributed by atoms with van der Waals surface area (Å²) in [7, 11) is 0. The Hall–Kier alpha value is -2.86. The molecule has 4 aromatic rings. The highest BCUT2D eigenvalue weighted by molar-refractivity contribution is 8.00. The molecule has 1 atom stereocenters. The van der Waals surface area contributed by atoms with Crippen LogP contribution in [0, 0.1) is 0 Å². The van der Waals surface area contributed by atoms with Crippen LogP contribution in [-0.2, 0) is 19.4 Å². The number of carbonyl (C=O) groups excluding carboxylic acids is 1. The van der Waals surface area contributed by atoms with E-state index in [-0.39, 0.29) is 11.0 Å². The van der Waals surface area contributed by atoms with Crippen LogP contribution in [0.25, 0.3) is 10.9 Å². The third kappa shape index (κ3) is 3.81. The molecule has 6 heteroatoms. The van der Waals surface area contributed by atoms with Gasteiger partial charge in [0, 0.05) is 35.6 Å². The molecule has 0 fully saturated rings. The van der Waals surface area contributed by atoms with Crippen LogP contribution in [0.15, 0.2) is 59.9 Å². The summed E-state index contributed by atoms with van der Waals surface area (Å²) in [5, 5.41) is 10.4. The van der Waals surface area contributed by atoms with Gasteiger partial charge in [-0.05, 0) is 30.4 Å². The van der Waals surface area contributed by atoms with Gasteiger partial charge in [0.05, 0.1) is 0 Å². The zero-order chi connectivity index (χ0) is 21.2. The minimum atomic E-state index is -0.373. The predicted molar refractivity (Wildman–Crippen MR) is 125 cm³/mol. The number of Topliss-reactive ketones (excluding diaryl/α,β-unsaturated/α-hetero) is 1. The number of fused-ring (bicyclic) bond motifs is 2. The molecule has 3 heterocycles. The average molecular weight is 431 g/mol. The van der Waals surface area contributed by atoms with Crippen molar-refractivity contribution in [2.75, 3.05) is 0 Å².